The Morgan fingerprint density at radius 3 is 2.53 bits per heavy atom. The van der Waals surface area contributed by atoms with Crippen LogP contribution in [-0.2, 0) is 9.84 Å². The number of hydrogen-bond donors (Lipinski definition) is 1. The van der Waals surface area contributed by atoms with Crippen LogP contribution >= 0.6 is 0 Å². The van der Waals surface area contributed by atoms with Crippen LogP contribution in [0.4, 0.5) is 0 Å². The number of sulfone groups is 1. The second-order valence-electron chi connectivity index (χ2n) is 4.37. The Bertz CT molecular complexity index is 468. The minimum Gasteiger partial charge on any atom is -0.497 e. The minimum atomic E-state index is -3.34. The van der Waals surface area contributed by atoms with Crippen LogP contribution in [0.1, 0.15) is 13.8 Å². The van der Waals surface area contributed by atoms with E-state index in [-0.39, 0.29) is 22.6 Å². The number of benzene rings is 1. The van der Waals surface area contributed by atoms with Crippen molar-refractivity contribution in [2.24, 2.45) is 11.7 Å². The Hall–Kier alpha value is -1.07. The molecule has 4 nitrogen and oxygen atoms in total. The van der Waals surface area contributed by atoms with Gasteiger partial charge in [0.1, 0.15) is 5.75 Å². The first-order valence-electron chi connectivity index (χ1n) is 5.49. The topological polar surface area (TPSA) is 69.4 Å². The zero-order chi connectivity index (χ0) is 13.1. The van der Waals surface area contributed by atoms with E-state index in [0.29, 0.717) is 5.75 Å². The van der Waals surface area contributed by atoms with Gasteiger partial charge in [0.05, 0.1) is 17.8 Å². The Kier molecular flexibility index (Phi) is 4.54. The van der Waals surface area contributed by atoms with Gasteiger partial charge in [0, 0.05) is 6.04 Å². The first-order valence-corrected chi connectivity index (χ1v) is 7.14. The van der Waals surface area contributed by atoms with Crippen molar-refractivity contribution in [1.29, 1.82) is 0 Å². The lowest BCUT2D eigenvalue weighted by Gasteiger charge is -2.15. The lowest BCUT2D eigenvalue weighted by Crippen LogP contribution is -2.34. The highest BCUT2D eigenvalue weighted by atomic mass is 32.2. The van der Waals surface area contributed by atoms with Crippen LogP contribution in [0, 0.1) is 5.92 Å². The number of hydrogen-bond acceptors (Lipinski definition) is 4. The monoisotopic (exact) mass is 257 g/mol. The van der Waals surface area contributed by atoms with Crippen molar-refractivity contribution in [2.45, 2.75) is 24.8 Å². The Morgan fingerprint density at radius 1 is 1.35 bits per heavy atom. The van der Waals surface area contributed by atoms with Gasteiger partial charge in [-0.15, -0.1) is 0 Å². The molecule has 0 aliphatic rings. The van der Waals surface area contributed by atoms with Gasteiger partial charge in [-0.3, -0.25) is 0 Å². The third-order valence-corrected chi connectivity index (χ3v) is 4.46. The summed E-state index contributed by atoms with van der Waals surface area (Å²) in [6.45, 7) is 3.82. The second-order valence-corrected chi connectivity index (χ2v) is 6.40. The molecule has 0 radical (unpaired) electrons. The van der Waals surface area contributed by atoms with E-state index in [1.54, 1.807) is 18.2 Å². The van der Waals surface area contributed by atoms with E-state index in [9.17, 15) is 8.42 Å². The van der Waals surface area contributed by atoms with Crippen molar-refractivity contribution in [3.8, 4) is 5.75 Å². The molecule has 0 fully saturated rings. The van der Waals surface area contributed by atoms with Crippen molar-refractivity contribution in [1.82, 2.24) is 0 Å². The maximum Gasteiger partial charge on any atom is 0.180 e. The van der Waals surface area contributed by atoms with Gasteiger partial charge in [-0.2, -0.15) is 0 Å². The highest BCUT2D eigenvalue weighted by molar-refractivity contribution is 7.91. The van der Waals surface area contributed by atoms with E-state index in [0.717, 1.165) is 0 Å². The Balaban J connectivity index is 2.97. The number of nitrogens with two attached hydrogens (primary N) is 1. The van der Waals surface area contributed by atoms with Crippen molar-refractivity contribution in [3.63, 3.8) is 0 Å². The summed E-state index contributed by atoms with van der Waals surface area (Å²) in [6.07, 6.45) is 0. The molecule has 0 saturated heterocycles. The second kappa shape index (κ2) is 5.51. The van der Waals surface area contributed by atoms with Gasteiger partial charge in [0.2, 0.25) is 0 Å². The van der Waals surface area contributed by atoms with Crippen molar-refractivity contribution in [2.75, 3.05) is 12.9 Å². The quantitative estimate of drug-likeness (QED) is 0.867. The molecule has 5 heteroatoms. The SMILES string of the molecule is COc1cccc(S(=O)(=O)CC(N)C(C)C)c1. The summed E-state index contributed by atoms with van der Waals surface area (Å²) in [5.74, 6) is 0.622. The van der Waals surface area contributed by atoms with Gasteiger partial charge in [-0.25, -0.2) is 8.42 Å². The predicted molar refractivity (Wildman–Crippen MR) is 67.9 cm³/mol. The Morgan fingerprint density at radius 2 is 2.00 bits per heavy atom. The first-order chi connectivity index (χ1) is 7.86. The van der Waals surface area contributed by atoms with Gasteiger partial charge in [0.25, 0.3) is 0 Å². The van der Waals surface area contributed by atoms with Crippen molar-refractivity contribution >= 4 is 9.84 Å². The molecule has 17 heavy (non-hydrogen) atoms. The van der Waals surface area contributed by atoms with Crippen LogP contribution in [-0.4, -0.2) is 27.3 Å². The molecule has 96 valence electrons. The fraction of sp³-hybridized carbons (Fsp3) is 0.500. The van der Waals surface area contributed by atoms with Crippen molar-refractivity contribution in [3.05, 3.63) is 24.3 Å². The molecule has 0 bridgehead atoms. The minimum absolute atomic E-state index is 0.0438. The van der Waals surface area contributed by atoms with Crippen LogP contribution < -0.4 is 10.5 Å². The maximum atomic E-state index is 12.1. The van der Waals surface area contributed by atoms with E-state index in [4.69, 9.17) is 10.5 Å². The van der Waals surface area contributed by atoms with Gasteiger partial charge >= 0.3 is 0 Å². The van der Waals surface area contributed by atoms with Crippen LogP contribution in [0.15, 0.2) is 29.2 Å². The molecule has 0 aliphatic heterocycles. The number of rotatable bonds is 5. The largest absolute Gasteiger partial charge is 0.497 e. The molecular weight excluding hydrogens is 238 g/mol. The number of ether oxygens (including phenoxy) is 1. The van der Waals surface area contributed by atoms with E-state index < -0.39 is 9.84 Å². The maximum absolute atomic E-state index is 12.1. The van der Waals surface area contributed by atoms with Crippen LogP contribution in [0.5, 0.6) is 5.75 Å². The summed E-state index contributed by atoms with van der Waals surface area (Å²) in [4.78, 5) is 0.257. The molecular formula is C12H19NO3S. The fourth-order valence-corrected chi connectivity index (χ4v) is 3.00. The lowest BCUT2D eigenvalue weighted by atomic mass is 10.1. The summed E-state index contributed by atoms with van der Waals surface area (Å²) < 4.78 is 29.2. The fourth-order valence-electron chi connectivity index (χ4n) is 1.34. The molecule has 0 aliphatic carbocycles. The summed E-state index contributed by atoms with van der Waals surface area (Å²) in [7, 11) is -1.84. The molecule has 1 aromatic rings. The van der Waals surface area contributed by atoms with E-state index in [2.05, 4.69) is 0 Å². The van der Waals surface area contributed by atoms with Crippen LogP contribution in [0.2, 0.25) is 0 Å². The van der Waals surface area contributed by atoms with E-state index in [1.165, 1.54) is 13.2 Å². The van der Waals surface area contributed by atoms with Crippen molar-refractivity contribution < 1.29 is 13.2 Å². The zero-order valence-corrected chi connectivity index (χ0v) is 11.2. The van der Waals surface area contributed by atoms with E-state index >= 15 is 0 Å². The molecule has 1 rings (SSSR count). The molecule has 0 spiro atoms. The predicted octanol–water partition coefficient (Wildman–Crippen LogP) is 1.45. The normalized spacial score (nSPS) is 13.7. The standard InChI is InChI=1S/C12H19NO3S/c1-9(2)12(13)8-17(14,15)11-6-4-5-10(7-11)16-3/h4-7,9,12H,8,13H2,1-3H3. The Labute approximate surface area is 103 Å². The van der Waals surface area contributed by atoms with Gasteiger partial charge in [-0.1, -0.05) is 19.9 Å². The highest BCUT2D eigenvalue weighted by Gasteiger charge is 2.21. The smallest absolute Gasteiger partial charge is 0.180 e. The molecule has 1 aromatic carbocycles. The lowest BCUT2D eigenvalue weighted by molar-refractivity contribution is 0.413. The number of methoxy groups -OCH3 is 1. The third kappa shape index (κ3) is 3.71. The first kappa shape index (κ1) is 14.0. The third-order valence-electron chi connectivity index (χ3n) is 2.67. The van der Waals surface area contributed by atoms with Crippen LogP contribution in [0.3, 0.4) is 0 Å². The van der Waals surface area contributed by atoms with Gasteiger partial charge < -0.3 is 10.5 Å². The summed E-state index contributed by atoms with van der Waals surface area (Å²) in [5.41, 5.74) is 5.80. The van der Waals surface area contributed by atoms with Crippen LogP contribution in [0.25, 0.3) is 0 Å². The average molecular weight is 257 g/mol. The van der Waals surface area contributed by atoms with Gasteiger partial charge in [-0.05, 0) is 24.1 Å². The highest BCUT2D eigenvalue weighted by Crippen LogP contribution is 2.19. The molecule has 2 N–H and O–H groups in total. The zero-order valence-electron chi connectivity index (χ0n) is 10.4. The average Bonchev–Trinajstić information content (AvgIpc) is 2.28. The summed E-state index contributed by atoms with van der Waals surface area (Å²) in [5, 5.41) is 0. The summed E-state index contributed by atoms with van der Waals surface area (Å²) in [6, 6.07) is 6.09. The van der Waals surface area contributed by atoms with Gasteiger partial charge in [0.15, 0.2) is 9.84 Å². The molecule has 0 amide bonds. The summed E-state index contributed by atoms with van der Waals surface area (Å²) >= 11 is 0. The molecule has 0 heterocycles. The van der Waals surface area contributed by atoms with E-state index in [1.807, 2.05) is 13.8 Å². The molecule has 0 saturated carbocycles. The molecule has 1 unspecified atom stereocenters. The molecule has 0 aromatic heterocycles. The molecule has 1 atom stereocenters.